The number of nitrogens with one attached hydrogen (secondary N) is 1. The van der Waals surface area contributed by atoms with Crippen LogP contribution in [0.2, 0.25) is 0 Å². The van der Waals surface area contributed by atoms with Gasteiger partial charge in [-0.2, -0.15) is 0 Å². The van der Waals surface area contributed by atoms with Crippen molar-refractivity contribution < 1.29 is 14.3 Å². The molecule has 1 fully saturated rings. The van der Waals surface area contributed by atoms with Gasteiger partial charge in [0.25, 0.3) is 0 Å². The van der Waals surface area contributed by atoms with Crippen molar-refractivity contribution in [2.24, 2.45) is 5.73 Å². The molecule has 5 nitrogen and oxygen atoms in total. The second kappa shape index (κ2) is 6.48. The Kier molecular flexibility index (Phi) is 4.43. The molecule has 1 saturated heterocycles. The summed E-state index contributed by atoms with van der Waals surface area (Å²) < 4.78 is 5.54. The van der Waals surface area contributed by atoms with Crippen molar-refractivity contribution in [2.75, 3.05) is 6.54 Å². The topological polar surface area (TPSA) is 81.4 Å². The Bertz CT molecular complexity index is 573. The van der Waals surface area contributed by atoms with Gasteiger partial charge in [-0.15, -0.1) is 0 Å². The zero-order valence-corrected chi connectivity index (χ0v) is 12.6. The van der Waals surface area contributed by atoms with E-state index in [0.717, 1.165) is 31.2 Å². The fourth-order valence-corrected chi connectivity index (χ4v) is 3.43. The van der Waals surface area contributed by atoms with Crippen LogP contribution in [0.1, 0.15) is 42.7 Å². The molecular formula is C17H22N2O3. The Labute approximate surface area is 130 Å². The van der Waals surface area contributed by atoms with E-state index in [1.165, 1.54) is 5.56 Å². The maximum absolute atomic E-state index is 12.5. The van der Waals surface area contributed by atoms with E-state index >= 15 is 0 Å². The average molecular weight is 302 g/mol. The van der Waals surface area contributed by atoms with Crippen molar-refractivity contribution in [1.82, 2.24) is 5.32 Å². The summed E-state index contributed by atoms with van der Waals surface area (Å²) in [5.74, 6) is -0.438. The average Bonchev–Trinajstić information content (AvgIpc) is 3.01. The van der Waals surface area contributed by atoms with E-state index in [4.69, 9.17) is 10.5 Å². The molecule has 5 heteroatoms. The highest BCUT2D eigenvalue weighted by molar-refractivity contribution is 5.84. The number of hydrogen-bond donors (Lipinski definition) is 2. The lowest BCUT2D eigenvalue weighted by atomic mass is 9.82. The minimum Gasteiger partial charge on any atom is -0.367 e. The number of aryl methyl sites for hydroxylation is 1. The molecule has 0 spiro atoms. The standard InChI is InChI=1S/C17H22N2O3/c18-16(20)15-9-8-12(22-15)10-19-17(21)14-7-3-5-11-4-1-2-6-13(11)14/h1-2,4,6,12,14-15H,3,5,7-10H2,(H2,18,20)(H,19,21). The molecule has 0 bridgehead atoms. The second-order valence-corrected chi connectivity index (χ2v) is 6.12. The SMILES string of the molecule is NC(=O)C1CCC(CNC(=O)C2CCCc3ccccc32)O1. The summed E-state index contributed by atoms with van der Waals surface area (Å²) in [6.45, 7) is 0.446. The van der Waals surface area contributed by atoms with Gasteiger partial charge in [-0.1, -0.05) is 24.3 Å². The molecule has 0 radical (unpaired) electrons. The zero-order chi connectivity index (χ0) is 15.5. The molecule has 1 aliphatic heterocycles. The number of ether oxygens (including phenoxy) is 1. The Morgan fingerprint density at radius 3 is 2.82 bits per heavy atom. The Hall–Kier alpha value is -1.88. The summed E-state index contributed by atoms with van der Waals surface area (Å²) in [5.41, 5.74) is 7.66. The largest absolute Gasteiger partial charge is 0.367 e. The van der Waals surface area contributed by atoms with Gasteiger partial charge in [0.15, 0.2) is 0 Å². The molecule has 1 heterocycles. The van der Waals surface area contributed by atoms with E-state index in [2.05, 4.69) is 11.4 Å². The van der Waals surface area contributed by atoms with Gasteiger partial charge >= 0.3 is 0 Å². The molecule has 1 aromatic rings. The summed E-state index contributed by atoms with van der Waals surface area (Å²) in [7, 11) is 0. The molecule has 118 valence electrons. The molecule has 0 aromatic heterocycles. The third-order valence-corrected chi connectivity index (χ3v) is 4.61. The van der Waals surface area contributed by atoms with Crippen LogP contribution in [0, 0.1) is 0 Å². The van der Waals surface area contributed by atoms with Gasteiger partial charge in [0.1, 0.15) is 6.10 Å². The van der Waals surface area contributed by atoms with Gasteiger partial charge in [-0.25, -0.2) is 0 Å². The van der Waals surface area contributed by atoms with Crippen LogP contribution in [0.25, 0.3) is 0 Å². The number of benzene rings is 1. The van der Waals surface area contributed by atoms with E-state index in [1.807, 2.05) is 18.2 Å². The molecule has 3 unspecified atom stereocenters. The number of rotatable bonds is 4. The molecule has 1 aromatic carbocycles. The molecule has 3 rings (SSSR count). The number of carbonyl (C=O) groups excluding carboxylic acids is 2. The van der Waals surface area contributed by atoms with Gasteiger partial charge < -0.3 is 15.8 Å². The molecule has 22 heavy (non-hydrogen) atoms. The molecule has 3 atom stereocenters. The number of fused-ring (bicyclic) bond motifs is 1. The van der Waals surface area contributed by atoms with E-state index in [9.17, 15) is 9.59 Å². The lowest BCUT2D eigenvalue weighted by Crippen LogP contribution is -2.37. The first-order valence-corrected chi connectivity index (χ1v) is 7.95. The van der Waals surface area contributed by atoms with Crippen LogP contribution in [-0.4, -0.2) is 30.6 Å². The number of nitrogens with two attached hydrogens (primary N) is 1. The number of carbonyl (C=O) groups is 2. The van der Waals surface area contributed by atoms with Crippen molar-refractivity contribution in [2.45, 2.75) is 50.2 Å². The van der Waals surface area contributed by atoms with E-state index < -0.39 is 12.0 Å². The van der Waals surface area contributed by atoms with Crippen LogP contribution in [0.4, 0.5) is 0 Å². The first kappa shape index (κ1) is 15.0. The van der Waals surface area contributed by atoms with Crippen molar-refractivity contribution in [1.29, 1.82) is 0 Å². The van der Waals surface area contributed by atoms with Gasteiger partial charge in [-0.3, -0.25) is 9.59 Å². The highest BCUT2D eigenvalue weighted by atomic mass is 16.5. The Morgan fingerprint density at radius 1 is 1.23 bits per heavy atom. The summed E-state index contributed by atoms with van der Waals surface area (Å²) in [6.07, 6.45) is 3.76. The lowest BCUT2D eigenvalue weighted by Gasteiger charge is -2.25. The van der Waals surface area contributed by atoms with Crippen LogP contribution < -0.4 is 11.1 Å². The number of primary amides is 1. The van der Waals surface area contributed by atoms with Gasteiger partial charge in [0, 0.05) is 6.54 Å². The molecule has 2 aliphatic rings. The monoisotopic (exact) mass is 302 g/mol. The smallest absolute Gasteiger partial charge is 0.246 e. The predicted octanol–water partition coefficient (Wildman–Crippen LogP) is 1.26. The van der Waals surface area contributed by atoms with E-state index in [0.29, 0.717) is 13.0 Å². The zero-order valence-electron chi connectivity index (χ0n) is 12.6. The highest BCUT2D eigenvalue weighted by Crippen LogP contribution is 2.31. The van der Waals surface area contributed by atoms with Crippen molar-refractivity contribution in [3.05, 3.63) is 35.4 Å². The Morgan fingerprint density at radius 2 is 2.05 bits per heavy atom. The molecule has 1 aliphatic carbocycles. The molecule has 0 saturated carbocycles. The maximum Gasteiger partial charge on any atom is 0.246 e. The number of hydrogen-bond acceptors (Lipinski definition) is 3. The highest BCUT2D eigenvalue weighted by Gasteiger charge is 2.31. The summed E-state index contributed by atoms with van der Waals surface area (Å²) in [4.78, 5) is 23.6. The quantitative estimate of drug-likeness (QED) is 0.878. The number of amides is 2. The molecular weight excluding hydrogens is 280 g/mol. The maximum atomic E-state index is 12.5. The van der Waals surface area contributed by atoms with Gasteiger partial charge in [-0.05, 0) is 43.2 Å². The van der Waals surface area contributed by atoms with Crippen molar-refractivity contribution in [3.63, 3.8) is 0 Å². The third kappa shape index (κ3) is 3.14. The normalized spacial score (nSPS) is 27.2. The van der Waals surface area contributed by atoms with Crippen molar-refractivity contribution >= 4 is 11.8 Å². The first-order chi connectivity index (χ1) is 10.6. The molecule has 3 N–H and O–H groups in total. The first-order valence-electron chi connectivity index (χ1n) is 7.95. The summed E-state index contributed by atoms with van der Waals surface area (Å²) >= 11 is 0. The Balaban J connectivity index is 1.56. The van der Waals surface area contributed by atoms with Crippen molar-refractivity contribution in [3.8, 4) is 0 Å². The fourth-order valence-electron chi connectivity index (χ4n) is 3.43. The van der Waals surface area contributed by atoms with Crippen LogP contribution in [0.15, 0.2) is 24.3 Å². The van der Waals surface area contributed by atoms with Crippen LogP contribution in [0.3, 0.4) is 0 Å². The predicted molar refractivity (Wildman–Crippen MR) is 82.2 cm³/mol. The van der Waals surface area contributed by atoms with Crippen LogP contribution in [-0.2, 0) is 20.7 Å². The second-order valence-electron chi connectivity index (χ2n) is 6.12. The fraction of sp³-hybridized carbons (Fsp3) is 0.529. The molecule has 2 amide bonds. The van der Waals surface area contributed by atoms with E-state index in [-0.39, 0.29) is 17.9 Å². The van der Waals surface area contributed by atoms with Gasteiger partial charge in [0.05, 0.1) is 12.0 Å². The van der Waals surface area contributed by atoms with E-state index in [1.54, 1.807) is 0 Å². The van der Waals surface area contributed by atoms with Crippen LogP contribution in [0.5, 0.6) is 0 Å². The lowest BCUT2D eigenvalue weighted by molar-refractivity contribution is -0.129. The van der Waals surface area contributed by atoms with Crippen LogP contribution >= 0.6 is 0 Å². The third-order valence-electron chi connectivity index (χ3n) is 4.61. The van der Waals surface area contributed by atoms with Gasteiger partial charge in [0.2, 0.25) is 11.8 Å². The summed E-state index contributed by atoms with van der Waals surface area (Å²) in [5, 5.41) is 2.98. The summed E-state index contributed by atoms with van der Waals surface area (Å²) in [6, 6.07) is 8.16. The minimum absolute atomic E-state index is 0.0540. The minimum atomic E-state index is -0.502.